The van der Waals surface area contributed by atoms with Gasteiger partial charge in [-0.2, -0.15) is 0 Å². The number of guanidine groups is 1. The number of piperazine rings is 1. The molecule has 2 aliphatic carbocycles. The molecule has 1 N–H and O–H groups in total. The molecule has 0 amide bonds. The molecule has 2 aromatic rings. The molecule has 0 aromatic heterocycles. The smallest absolute Gasteiger partial charge is 0.198 e. The van der Waals surface area contributed by atoms with E-state index in [1.165, 1.54) is 63.2 Å². The fourth-order valence-electron chi connectivity index (χ4n) is 6.85. The van der Waals surface area contributed by atoms with E-state index >= 15 is 0 Å². The van der Waals surface area contributed by atoms with E-state index in [0.29, 0.717) is 11.7 Å². The summed E-state index contributed by atoms with van der Waals surface area (Å²) in [4.78, 5) is 14.4. The second kappa shape index (κ2) is 15.3. The molecule has 0 spiro atoms. The Hall–Kier alpha value is -2.55. The quantitative estimate of drug-likeness (QED) is 0.317. The summed E-state index contributed by atoms with van der Waals surface area (Å²) in [6.07, 6.45) is 8.92. The largest absolute Gasteiger partial charge is 0.340 e. The summed E-state index contributed by atoms with van der Waals surface area (Å²) in [7, 11) is 3.96. The number of hydrogen-bond acceptors (Lipinski definition) is 4. The third kappa shape index (κ3) is 8.98. The van der Waals surface area contributed by atoms with Crippen LogP contribution in [0.3, 0.4) is 0 Å². The third-order valence-corrected chi connectivity index (χ3v) is 9.53. The summed E-state index contributed by atoms with van der Waals surface area (Å²) in [5.41, 5.74) is 1.98. The second-order valence-corrected chi connectivity index (χ2v) is 12.7. The van der Waals surface area contributed by atoms with E-state index in [1.807, 2.05) is 0 Å². The van der Waals surface area contributed by atoms with Crippen LogP contribution in [0.1, 0.15) is 50.5 Å². The highest BCUT2D eigenvalue weighted by Gasteiger charge is 2.43. The van der Waals surface area contributed by atoms with Gasteiger partial charge in [-0.25, -0.2) is 8.78 Å². The number of fused-ring (bicyclic) bond motifs is 1. The van der Waals surface area contributed by atoms with Crippen LogP contribution in [-0.4, -0.2) is 98.1 Å². The Morgan fingerprint density at radius 2 is 1.64 bits per heavy atom. The molecule has 2 heterocycles. The van der Waals surface area contributed by atoms with Gasteiger partial charge in [0, 0.05) is 64.1 Å². The van der Waals surface area contributed by atoms with E-state index in [0.717, 1.165) is 76.1 Å². The first-order valence-electron chi connectivity index (χ1n) is 16.1. The van der Waals surface area contributed by atoms with Crippen LogP contribution in [0.25, 0.3) is 0 Å². The average molecular weight is 581 g/mol. The summed E-state index contributed by atoms with van der Waals surface area (Å²) >= 11 is 0. The number of rotatable bonds is 8. The maximum Gasteiger partial charge on any atom is 0.198 e. The first kappa shape index (κ1) is 30.9. The molecule has 4 aliphatic rings. The van der Waals surface area contributed by atoms with Gasteiger partial charge in [0.25, 0.3) is 0 Å². The zero-order chi connectivity index (χ0) is 29.3. The van der Waals surface area contributed by atoms with Crippen molar-refractivity contribution in [3.63, 3.8) is 0 Å². The van der Waals surface area contributed by atoms with Crippen LogP contribution >= 0.6 is 0 Å². The van der Waals surface area contributed by atoms with Crippen LogP contribution in [0.4, 0.5) is 14.5 Å². The molecule has 230 valence electrons. The van der Waals surface area contributed by atoms with Crippen LogP contribution < -0.4 is 5.32 Å². The van der Waals surface area contributed by atoms with Crippen molar-refractivity contribution in [2.45, 2.75) is 57.5 Å². The molecule has 0 radical (unpaired) electrons. The van der Waals surface area contributed by atoms with E-state index in [-0.39, 0.29) is 0 Å². The second-order valence-electron chi connectivity index (χ2n) is 12.7. The summed E-state index contributed by atoms with van der Waals surface area (Å²) in [6, 6.07) is 15.1. The van der Waals surface area contributed by atoms with Crippen molar-refractivity contribution in [3.05, 3.63) is 65.7 Å². The molecular formula is C34H50F2N6. The molecule has 0 bridgehead atoms. The van der Waals surface area contributed by atoms with Gasteiger partial charge < -0.3 is 20.0 Å². The number of nitrogens with zero attached hydrogens (tertiary/aromatic N) is 5. The van der Waals surface area contributed by atoms with Crippen molar-refractivity contribution in [1.29, 1.82) is 0 Å². The zero-order valence-corrected chi connectivity index (χ0v) is 25.7. The summed E-state index contributed by atoms with van der Waals surface area (Å²) in [5.74, 6) is 0.908. The topological polar surface area (TPSA) is 37.4 Å². The normalized spacial score (nSPS) is 25.0. The highest BCUT2D eigenvalue weighted by atomic mass is 19.2. The maximum absolute atomic E-state index is 13.7. The molecule has 3 atom stereocenters. The number of benzene rings is 2. The number of nitrogens with one attached hydrogen (secondary N) is 1. The van der Waals surface area contributed by atoms with Crippen molar-refractivity contribution in [2.75, 3.05) is 71.8 Å². The molecule has 6 rings (SSSR count). The monoisotopic (exact) mass is 580 g/mol. The van der Waals surface area contributed by atoms with E-state index in [2.05, 4.69) is 67.3 Å². The standard InChI is InChI=1S/C23H35F2N5.C11H15N/c1-26-23(27-19-5-7-21(24)22(25)16-19)30(20-6-4-17-14-18(17)15-20)9-3-8-29-12-10-28(2)11-13-29;1-2-6-11(7-3-1)10-12-8-4-5-9-12/h5,7,16-18,20H,3-4,6,8-15H2,1-2H3,(H,26,27);1-3,6-7H,4-5,8-10H2. The predicted molar refractivity (Wildman–Crippen MR) is 169 cm³/mol. The number of halogens is 2. The van der Waals surface area contributed by atoms with Gasteiger partial charge in [0.15, 0.2) is 17.6 Å². The molecule has 2 saturated carbocycles. The van der Waals surface area contributed by atoms with Gasteiger partial charge in [-0.05, 0) is 101 Å². The minimum atomic E-state index is -0.837. The van der Waals surface area contributed by atoms with Crippen LogP contribution in [0, 0.1) is 23.5 Å². The van der Waals surface area contributed by atoms with Gasteiger partial charge in [-0.15, -0.1) is 0 Å². The number of anilines is 1. The number of hydrogen-bond donors (Lipinski definition) is 1. The number of likely N-dealkylation sites (tertiary alicyclic amines) is 1. The summed E-state index contributed by atoms with van der Waals surface area (Å²) in [6.45, 7) is 10.3. The van der Waals surface area contributed by atoms with Crippen molar-refractivity contribution < 1.29 is 8.78 Å². The van der Waals surface area contributed by atoms with Gasteiger partial charge in [0.05, 0.1) is 0 Å². The Kier molecular flexibility index (Phi) is 11.2. The molecule has 6 nitrogen and oxygen atoms in total. The summed E-state index contributed by atoms with van der Waals surface area (Å²) < 4.78 is 27.0. The molecule has 3 unspecified atom stereocenters. The van der Waals surface area contributed by atoms with Gasteiger partial charge in [-0.3, -0.25) is 9.89 Å². The van der Waals surface area contributed by atoms with Gasteiger partial charge in [0.2, 0.25) is 0 Å². The lowest BCUT2D eigenvalue weighted by molar-refractivity contribution is 0.145. The lowest BCUT2D eigenvalue weighted by Crippen LogP contribution is -2.48. The Morgan fingerprint density at radius 1 is 0.881 bits per heavy atom. The van der Waals surface area contributed by atoms with Crippen molar-refractivity contribution in [1.82, 2.24) is 19.6 Å². The van der Waals surface area contributed by atoms with E-state index in [4.69, 9.17) is 0 Å². The molecule has 4 fully saturated rings. The zero-order valence-electron chi connectivity index (χ0n) is 25.7. The Labute approximate surface area is 251 Å². The molecule has 42 heavy (non-hydrogen) atoms. The minimum Gasteiger partial charge on any atom is -0.340 e. The Morgan fingerprint density at radius 3 is 2.33 bits per heavy atom. The van der Waals surface area contributed by atoms with Crippen LogP contribution in [0.2, 0.25) is 0 Å². The first-order chi connectivity index (χ1) is 20.5. The molecule has 2 aromatic carbocycles. The van der Waals surface area contributed by atoms with Crippen molar-refractivity contribution >= 4 is 11.6 Å². The third-order valence-electron chi connectivity index (χ3n) is 9.53. The molecule has 2 aliphatic heterocycles. The fraction of sp³-hybridized carbons (Fsp3) is 0.618. The predicted octanol–water partition coefficient (Wildman–Crippen LogP) is 5.77. The fourth-order valence-corrected chi connectivity index (χ4v) is 6.85. The Bertz CT molecular complexity index is 1130. The number of aliphatic imine (C=N–C) groups is 1. The van der Waals surface area contributed by atoms with Crippen molar-refractivity contribution in [2.24, 2.45) is 16.8 Å². The summed E-state index contributed by atoms with van der Waals surface area (Å²) in [5, 5.41) is 3.27. The Balaban J connectivity index is 0.000000244. The highest BCUT2D eigenvalue weighted by molar-refractivity contribution is 5.93. The van der Waals surface area contributed by atoms with Crippen LogP contribution in [-0.2, 0) is 6.54 Å². The first-order valence-corrected chi connectivity index (χ1v) is 16.1. The number of likely N-dealkylation sites (N-methyl/N-ethyl adjacent to an activating group) is 1. The maximum atomic E-state index is 13.7. The van der Waals surface area contributed by atoms with Gasteiger partial charge in [-0.1, -0.05) is 30.3 Å². The van der Waals surface area contributed by atoms with Gasteiger partial charge >= 0.3 is 0 Å². The van der Waals surface area contributed by atoms with E-state index in [1.54, 1.807) is 13.1 Å². The van der Waals surface area contributed by atoms with E-state index in [9.17, 15) is 8.78 Å². The van der Waals surface area contributed by atoms with Crippen LogP contribution in [0.5, 0.6) is 0 Å². The molecular weight excluding hydrogens is 530 g/mol. The lowest BCUT2D eigenvalue weighted by Gasteiger charge is -2.38. The van der Waals surface area contributed by atoms with Gasteiger partial charge in [0.1, 0.15) is 0 Å². The molecule has 2 saturated heterocycles. The van der Waals surface area contributed by atoms with Crippen molar-refractivity contribution in [3.8, 4) is 0 Å². The minimum absolute atomic E-state index is 0.470. The average Bonchev–Trinajstić information content (AvgIpc) is 3.61. The molecule has 8 heteroatoms. The van der Waals surface area contributed by atoms with Crippen LogP contribution in [0.15, 0.2) is 53.5 Å². The SMILES string of the molecule is CN=C(Nc1ccc(F)c(F)c1)N(CCCN1CCN(C)CC1)C1CCC2CC2C1.c1ccc(CN2CCCC2)cc1. The highest BCUT2D eigenvalue weighted by Crippen LogP contribution is 2.50. The lowest BCUT2D eigenvalue weighted by atomic mass is 9.94. The van der Waals surface area contributed by atoms with E-state index < -0.39 is 11.6 Å².